The van der Waals surface area contributed by atoms with Gasteiger partial charge in [-0.25, -0.2) is 18.0 Å². The molecule has 14 heteroatoms. The SMILES string of the molecule is CCOCCCN(C)C1CCN(c2ccc(C(=O)O)cc2NS(=O)(=O)c2ccccc2)CC1.O=C(O)C(F)(F)F. The predicted molar refractivity (Wildman–Crippen MR) is 143 cm³/mol. The number of carboxylic acid groups (broad SMARTS) is 2. The third kappa shape index (κ3) is 9.99. The second kappa shape index (κ2) is 14.9. The molecular weight excluding hydrogens is 555 g/mol. The number of carbonyl (C=O) groups is 2. The summed E-state index contributed by atoms with van der Waals surface area (Å²) in [6.07, 6.45) is -2.21. The zero-order valence-corrected chi connectivity index (χ0v) is 23.0. The Labute approximate surface area is 231 Å². The fraction of sp³-hybridized carbons (Fsp3) is 0.462. The number of anilines is 2. The molecule has 2 aromatic carbocycles. The van der Waals surface area contributed by atoms with Crippen LogP contribution in [0.3, 0.4) is 0 Å². The molecule has 0 atom stereocenters. The average Bonchev–Trinajstić information content (AvgIpc) is 2.91. The number of ether oxygens (including phenoxy) is 1. The number of sulfonamides is 1. The van der Waals surface area contributed by atoms with Gasteiger partial charge in [-0.1, -0.05) is 18.2 Å². The van der Waals surface area contributed by atoms with Crippen LogP contribution >= 0.6 is 0 Å². The highest BCUT2D eigenvalue weighted by atomic mass is 32.2. The predicted octanol–water partition coefficient (Wildman–Crippen LogP) is 4.15. The highest BCUT2D eigenvalue weighted by Crippen LogP contribution is 2.32. The number of alkyl halides is 3. The number of aromatic carboxylic acids is 1. The van der Waals surface area contributed by atoms with Gasteiger partial charge in [0.05, 0.1) is 21.8 Å². The van der Waals surface area contributed by atoms with Crippen LogP contribution in [-0.4, -0.2) is 87.6 Å². The van der Waals surface area contributed by atoms with E-state index in [1.54, 1.807) is 24.3 Å². The molecule has 0 aromatic heterocycles. The molecule has 40 heavy (non-hydrogen) atoms. The van der Waals surface area contributed by atoms with Gasteiger partial charge in [-0.3, -0.25) is 4.72 Å². The van der Waals surface area contributed by atoms with Crippen molar-refractivity contribution in [2.24, 2.45) is 0 Å². The van der Waals surface area contributed by atoms with Crippen molar-refractivity contribution in [1.82, 2.24) is 4.90 Å². The number of hydrogen-bond acceptors (Lipinski definition) is 7. The van der Waals surface area contributed by atoms with Crippen LogP contribution in [0.25, 0.3) is 0 Å². The van der Waals surface area contributed by atoms with E-state index in [0.29, 0.717) is 11.7 Å². The standard InChI is InChI=1S/C24H33N3O5S.C2HF3O2/c1-3-32-17-7-14-26(2)20-12-15-27(16-13-20)23-11-10-19(24(28)29)18-22(23)25-33(30,31)21-8-5-4-6-9-21;3-2(4,5)1(6)7/h4-6,8-11,18,20,25H,3,7,12-17H2,1-2H3,(H,28,29);(H,6,7). The number of benzene rings is 2. The number of aliphatic carboxylic acids is 1. The summed E-state index contributed by atoms with van der Waals surface area (Å²) in [6, 6.07) is 13.1. The van der Waals surface area contributed by atoms with Gasteiger partial charge in [0, 0.05) is 38.9 Å². The van der Waals surface area contributed by atoms with Crippen molar-refractivity contribution in [2.75, 3.05) is 49.5 Å². The molecule has 10 nitrogen and oxygen atoms in total. The summed E-state index contributed by atoms with van der Waals surface area (Å²) in [5.74, 6) is -3.86. The molecule has 2 aromatic rings. The quantitative estimate of drug-likeness (QED) is 0.330. The van der Waals surface area contributed by atoms with Crippen molar-refractivity contribution in [1.29, 1.82) is 0 Å². The van der Waals surface area contributed by atoms with Gasteiger partial charge in [0.2, 0.25) is 0 Å². The van der Waals surface area contributed by atoms with Crippen molar-refractivity contribution in [3.8, 4) is 0 Å². The second-order valence-electron chi connectivity index (χ2n) is 9.01. The fourth-order valence-corrected chi connectivity index (χ4v) is 5.21. The lowest BCUT2D eigenvalue weighted by Crippen LogP contribution is -2.44. The molecule has 0 radical (unpaired) electrons. The lowest BCUT2D eigenvalue weighted by atomic mass is 10.0. The van der Waals surface area contributed by atoms with E-state index in [4.69, 9.17) is 14.6 Å². The van der Waals surface area contributed by atoms with Crippen LogP contribution in [0.2, 0.25) is 0 Å². The van der Waals surface area contributed by atoms with Crippen molar-refractivity contribution in [3.63, 3.8) is 0 Å². The Balaban J connectivity index is 0.000000708. The maximum absolute atomic E-state index is 12.9. The topological polar surface area (TPSA) is 136 Å². The van der Waals surface area contributed by atoms with E-state index < -0.39 is 28.1 Å². The van der Waals surface area contributed by atoms with Crippen LogP contribution in [0.5, 0.6) is 0 Å². The van der Waals surface area contributed by atoms with Crippen LogP contribution in [-0.2, 0) is 19.6 Å². The normalized spacial score (nSPS) is 14.4. The zero-order chi connectivity index (χ0) is 29.9. The molecule has 0 unspecified atom stereocenters. The first kappa shape index (κ1) is 32.8. The van der Waals surface area contributed by atoms with Crippen LogP contribution in [0.4, 0.5) is 24.5 Å². The Morgan fingerprint density at radius 1 is 1.10 bits per heavy atom. The Morgan fingerprint density at radius 2 is 1.70 bits per heavy atom. The summed E-state index contributed by atoms with van der Waals surface area (Å²) in [5.41, 5.74) is 1.01. The van der Waals surface area contributed by atoms with Gasteiger partial charge in [0.25, 0.3) is 10.0 Å². The minimum atomic E-state index is -5.08. The molecule has 1 heterocycles. The molecule has 0 amide bonds. The lowest BCUT2D eigenvalue weighted by Gasteiger charge is -2.38. The van der Waals surface area contributed by atoms with Crippen LogP contribution in [0.1, 0.15) is 36.5 Å². The van der Waals surface area contributed by atoms with Gasteiger partial charge in [-0.2, -0.15) is 13.2 Å². The van der Waals surface area contributed by atoms with Crippen LogP contribution < -0.4 is 9.62 Å². The number of carboxylic acids is 2. The number of rotatable bonds is 11. The molecule has 3 N–H and O–H groups in total. The minimum Gasteiger partial charge on any atom is -0.478 e. The van der Waals surface area contributed by atoms with Gasteiger partial charge in [0.15, 0.2) is 0 Å². The van der Waals surface area contributed by atoms with Gasteiger partial charge in [-0.05, 0) is 63.6 Å². The third-order valence-electron chi connectivity index (χ3n) is 6.22. The zero-order valence-electron chi connectivity index (χ0n) is 22.2. The Hall–Kier alpha value is -3.36. The van der Waals surface area contributed by atoms with Crippen LogP contribution in [0, 0.1) is 0 Å². The number of halogens is 3. The molecular formula is C26H34F3N3O7S. The van der Waals surface area contributed by atoms with E-state index in [0.717, 1.165) is 52.1 Å². The summed E-state index contributed by atoms with van der Waals surface area (Å²) >= 11 is 0. The van der Waals surface area contributed by atoms with E-state index in [-0.39, 0.29) is 16.1 Å². The summed E-state index contributed by atoms with van der Waals surface area (Å²) in [4.78, 5) is 25.0. The van der Waals surface area contributed by atoms with Crippen molar-refractivity contribution >= 4 is 33.3 Å². The van der Waals surface area contributed by atoms with E-state index in [2.05, 4.69) is 21.6 Å². The molecule has 0 saturated carbocycles. The van der Waals surface area contributed by atoms with Gasteiger partial charge < -0.3 is 24.7 Å². The fourth-order valence-electron chi connectivity index (χ4n) is 4.12. The summed E-state index contributed by atoms with van der Waals surface area (Å²) in [5, 5.41) is 16.5. The Bertz CT molecular complexity index is 1220. The first-order valence-corrected chi connectivity index (χ1v) is 14.0. The highest BCUT2D eigenvalue weighted by Gasteiger charge is 2.38. The Kier molecular flexibility index (Phi) is 12.2. The maximum Gasteiger partial charge on any atom is 0.490 e. The van der Waals surface area contributed by atoms with E-state index in [1.807, 2.05) is 6.92 Å². The summed E-state index contributed by atoms with van der Waals surface area (Å²) in [6.45, 7) is 5.98. The number of hydrogen-bond donors (Lipinski definition) is 3. The molecule has 0 bridgehead atoms. The summed E-state index contributed by atoms with van der Waals surface area (Å²) < 4.78 is 65.6. The Morgan fingerprint density at radius 3 is 2.23 bits per heavy atom. The van der Waals surface area contributed by atoms with Crippen LogP contribution in [0.15, 0.2) is 53.4 Å². The van der Waals surface area contributed by atoms with Crippen molar-refractivity contribution in [3.05, 3.63) is 54.1 Å². The molecule has 0 spiro atoms. The molecule has 1 fully saturated rings. The molecule has 1 aliphatic rings. The number of nitrogens with zero attached hydrogens (tertiary/aromatic N) is 2. The van der Waals surface area contributed by atoms with E-state index >= 15 is 0 Å². The van der Waals surface area contributed by atoms with E-state index in [1.165, 1.54) is 24.3 Å². The highest BCUT2D eigenvalue weighted by molar-refractivity contribution is 7.92. The molecule has 0 aliphatic carbocycles. The number of piperidine rings is 1. The molecule has 222 valence electrons. The first-order chi connectivity index (χ1) is 18.8. The molecule has 3 rings (SSSR count). The molecule has 1 aliphatic heterocycles. The molecule has 1 saturated heterocycles. The van der Waals surface area contributed by atoms with Crippen molar-refractivity contribution < 1.29 is 46.1 Å². The lowest BCUT2D eigenvalue weighted by molar-refractivity contribution is -0.192. The third-order valence-corrected chi connectivity index (χ3v) is 7.60. The van der Waals surface area contributed by atoms with Gasteiger partial charge in [-0.15, -0.1) is 0 Å². The first-order valence-electron chi connectivity index (χ1n) is 12.5. The van der Waals surface area contributed by atoms with Gasteiger partial charge >= 0.3 is 18.1 Å². The largest absolute Gasteiger partial charge is 0.490 e. The smallest absolute Gasteiger partial charge is 0.478 e. The monoisotopic (exact) mass is 589 g/mol. The average molecular weight is 590 g/mol. The van der Waals surface area contributed by atoms with E-state index in [9.17, 15) is 31.5 Å². The second-order valence-corrected chi connectivity index (χ2v) is 10.7. The van der Waals surface area contributed by atoms with Gasteiger partial charge in [0.1, 0.15) is 0 Å². The van der Waals surface area contributed by atoms with Crippen molar-refractivity contribution in [2.45, 2.75) is 43.3 Å². The minimum absolute atomic E-state index is 0.0356. The maximum atomic E-state index is 12.9. The summed E-state index contributed by atoms with van der Waals surface area (Å²) in [7, 11) is -1.71. The number of nitrogens with one attached hydrogen (secondary N) is 1.